The number of morpholine rings is 1. The number of aliphatic hydroxyl groups is 1. The van der Waals surface area contributed by atoms with Gasteiger partial charge in [-0.1, -0.05) is 6.92 Å². The second-order valence-electron chi connectivity index (χ2n) is 5.17. The van der Waals surface area contributed by atoms with Gasteiger partial charge in [0.15, 0.2) is 0 Å². The Morgan fingerprint density at radius 2 is 2.25 bits per heavy atom. The fourth-order valence-corrected chi connectivity index (χ4v) is 1.75. The third kappa shape index (κ3) is 4.37. The summed E-state index contributed by atoms with van der Waals surface area (Å²) in [7, 11) is 0. The predicted molar refractivity (Wildman–Crippen MR) is 65.6 cm³/mol. The Morgan fingerprint density at radius 3 is 2.81 bits per heavy atom. The van der Waals surface area contributed by atoms with E-state index in [1.165, 1.54) is 0 Å². The molecule has 0 saturated carbocycles. The summed E-state index contributed by atoms with van der Waals surface area (Å²) in [5.41, 5.74) is -0.681. The van der Waals surface area contributed by atoms with Gasteiger partial charge >= 0.3 is 0 Å². The van der Waals surface area contributed by atoms with E-state index in [1.54, 1.807) is 0 Å². The highest BCUT2D eigenvalue weighted by molar-refractivity contribution is 4.82. The van der Waals surface area contributed by atoms with Crippen LogP contribution in [-0.4, -0.2) is 60.5 Å². The summed E-state index contributed by atoms with van der Waals surface area (Å²) in [6.07, 6.45) is 0.249. The lowest BCUT2D eigenvalue weighted by atomic mass is 10.0. The molecule has 2 N–H and O–H groups in total. The molecule has 1 aliphatic rings. The molecule has 1 heterocycles. The lowest BCUT2D eigenvalue weighted by molar-refractivity contribution is -0.0318. The molecule has 1 aliphatic heterocycles. The predicted octanol–water partition coefficient (Wildman–Crippen LogP) is 0.456. The van der Waals surface area contributed by atoms with Gasteiger partial charge in [-0.15, -0.1) is 0 Å². The highest BCUT2D eigenvalue weighted by Gasteiger charge is 2.24. The van der Waals surface area contributed by atoms with E-state index in [0.717, 1.165) is 32.8 Å². The summed E-state index contributed by atoms with van der Waals surface area (Å²) in [5.74, 6) is 0. The molecule has 1 rings (SSSR count). The second kappa shape index (κ2) is 5.96. The molecular formula is C12H26N2O2. The molecule has 0 bridgehead atoms. The fourth-order valence-electron chi connectivity index (χ4n) is 1.75. The summed E-state index contributed by atoms with van der Waals surface area (Å²) < 4.78 is 5.69. The highest BCUT2D eigenvalue weighted by atomic mass is 16.5. The van der Waals surface area contributed by atoms with Gasteiger partial charge in [0, 0.05) is 25.7 Å². The molecule has 0 aromatic rings. The lowest BCUT2D eigenvalue weighted by Crippen LogP contribution is -2.51. The Labute approximate surface area is 99.0 Å². The maximum atomic E-state index is 9.80. The van der Waals surface area contributed by atoms with Crippen LogP contribution in [0.3, 0.4) is 0 Å². The molecule has 16 heavy (non-hydrogen) atoms. The van der Waals surface area contributed by atoms with Crippen molar-refractivity contribution in [2.75, 3.05) is 32.8 Å². The normalized spacial score (nSPS) is 25.7. The van der Waals surface area contributed by atoms with E-state index in [-0.39, 0.29) is 12.1 Å². The first-order valence-electron chi connectivity index (χ1n) is 6.23. The van der Waals surface area contributed by atoms with Crippen molar-refractivity contribution in [2.24, 2.45) is 0 Å². The zero-order valence-corrected chi connectivity index (χ0v) is 11.0. The van der Waals surface area contributed by atoms with E-state index in [9.17, 15) is 5.11 Å². The van der Waals surface area contributed by atoms with Crippen molar-refractivity contribution >= 4 is 0 Å². The zero-order valence-electron chi connectivity index (χ0n) is 11.0. The molecule has 4 heteroatoms. The van der Waals surface area contributed by atoms with Crippen LogP contribution in [0.1, 0.15) is 27.7 Å². The van der Waals surface area contributed by atoms with Crippen molar-refractivity contribution < 1.29 is 9.84 Å². The molecule has 0 aliphatic carbocycles. The lowest BCUT2D eigenvalue weighted by Gasteiger charge is -2.34. The fraction of sp³-hybridized carbons (Fsp3) is 1.00. The van der Waals surface area contributed by atoms with Crippen LogP contribution in [0.4, 0.5) is 0 Å². The van der Waals surface area contributed by atoms with Gasteiger partial charge in [0.1, 0.15) is 0 Å². The molecule has 1 fully saturated rings. The topological polar surface area (TPSA) is 44.7 Å². The Morgan fingerprint density at radius 1 is 1.56 bits per heavy atom. The van der Waals surface area contributed by atoms with Gasteiger partial charge in [0.05, 0.1) is 18.3 Å². The van der Waals surface area contributed by atoms with Crippen LogP contribution in [0.15, 0.2) is 0 Å². The minimum absolute atomic E-state index is 0.0769. The van der Waals surface area contributed by atoms with E-state index in [1.807, 2.05) is 20.8 Å². The van der Waals surface area contributed by atoms with Crippen LogP contribution in [0.2, 0.25) is 0 Å². The van der Waals surface area contributed by atoms with Gasteiger partial charge < -0.3 is 15.2 Å². The molecule has 96 valence electrons. The Hall–Kier alpha value is -0.160. The van der Waals surface area contributed by atoms with Crippen LogP contribution < -0.4 is 5.32 Å². The average molecular weight is 230 g/mol. The minimum atomic E-state index is -0.681. The zero-order chi connectivity index (χ0) is 12.2. The number of nitrogens with zero attached hydrogens (tertiary/aromatic N) is 1. The molecule has 1 saturated heterocycles. The van der Waals surface area contributed by atoms with E-state index >= 15 is 0 Å². The number of hydrogen-bond donors (Lipinski definition) is 2. The number of rotatable bonds is 5. The molecule has 2 atom stereocenters. The van der Waals surface area contributed by atoms with E-state index < -0.39 is 5.60 Å². The summed E-state index contributed by atoms with van der Waals surface area (Å²) in [5, 5.41) is 13.1. The number of ether oxygens (including phenoxy) is 1. The van der Waals surface area contributed by atoms with Crippen molar-refractivity contribution in [1.82, 2.24) is 10.2 Å². The summed E-state index contributed by atoms with van der Waals surface area (Å²) in [6, 6.07) is 0.0769. The Balaban J connectivity index is 2.27. The molecule has 0 amide bonds. The maximum absolute atomic E-state index is 9.80. The van der Waals surface area contributed by atoms with Gasteiger partial charge in [-0.2, -0.15) is 0 Å². The number of nitrogens with one attached hydrogen (secondary N) is 1. The third-order valence-electron chi connectivity index (χ3n) is 3.38. The first-order chi connectivity index (χ1) is 7.43. The first kappa shape index (κ1) is 13.9. The standard InChI is InChI=1S/C12H26N2O2/c1-5-14-6-7-16-11(9-14)8-13-10(2)12(3,4)15/h10-11,13,15H,5-9H2,1-4H3. The monoisotopic (exact) mass is 230 g/mol. The van der Waals surface area contributed by atoms with E-state index in [4.69, 9.17) is 4.74 Å². The van der Waals surface area contributed by atoms with Gasteiger partial charge in [-0.3, -0.25) is 4.90 Å². The van der Waals surface area contributed by atoms with Crippen molar-refractivity contribution in [3.05, 3.63) is 0 Å². The van der Waals surface area contributed by atoms with Crippen LogP contribution in [0.5, 0.6) is 0 Å². The van der Waals surface area contributed by atoms with Crippen molar-refractivity contribution in [3.63, 3.8) is 0 Å². The van der Waals surface area contributed by atoms with Gasteiger partial charge in [0.25, 0.3) is 0 Å². The minimum Gasteiger partial charge on any atom is -0.389 e. The third-order valence-corrected chi connectivity index (χ3v) is 3.38. The first-order valence-corrected chi connectivity index (χ1v) is 6.23. The Kier molecular flexibility index (Phi) is 5.18. The van der Waals surface area contributed by atoms with Crippen LogP contribution in [0.25, 0.3) is 0 Å². The second-order valence-corrected chi connectivity index (χ2v) is 5.17. The van der Waals surface area contributed by atoms with Gasteiger partial charge in [-0.05, 0) is 27.3 Å². The average Bonchev–Trinajstić information content (AvgIpc) is 2.25. The summed E-state index contributed by atoms with van der Waals surface area (Å²) in [4.78, 5) is 2.39. The molecule has 4 nitrogen and oxygen atoms in total. The van der Waals surface area contributed by atoms with E-state index in [0.29, 0.717) is 0 Å². The SMILES string of the molecule is CCN1CCOC(CNC(C)C(C)(C)O)C1. The van der Waals surface area contributed by atoms with Crippen LogP contribution in [0, 0.1) is 0 Å². The van der Waals surface area contributed by atoms with Crippen molar-refractivity contribution in [3.8, 4) is 0 Å². The Bertz CT molecular complexity index is 204. The molecule has 2 unspecified atom stereocenters. The van der Waals surface area contributed by atoms with E-state index in [2.05, 4.69) is 17.1 Å². The van der Waals surface area contributed by atoms with Crippen molar-refractivity contribution in [1.29, 1.82) is 0 Å². The molecule has 0 aromatic carbocycles. The quantitative estimate of drug-likeness (QED) is 0.720. The van der Waals surface area contributed by atoms with Gasteiger partial charge in [0.2, 0.25) is 0 Å². The molecule has 0 aromatic heterocycles. The van der Waals surface area contributed by atoms with Crippen LogP contribution in [-0.2, 0) is 4.74 Å². The summed E-state index contributed by atoms with van der Waals surface area (Å²) in [6.45, 7) is 12.6. The molecular weight excluding hydrogens is 204 g/mol. The maximum Gasteiger partial charge on any atom is 0.0826 e. The molecule has 0 radical (unpaired) electrons. The number of hydrogen-bond acceptors (Lipinski definition) is 4. The summed E-state index contributed by atoms with van der Waals surface area (Å²) >= 11 is 0. The van der Waals surface area contributed by atoms with Gasteiger partial charge in [-0.25, -0.2) is 0 Å². The largest absolute Gasteiger partial charge is 0.389 e. The smallest absolute Gasteiger partial charge is 0.0826 e. The molecule has 0 spiro atoms. The number of likely N-dealkylation sites (N-methyl/N-ethyl adjacent to an activating group) is 1. The van der Waals surface area contributed by atoms with Crippen molar-refractivity contribution in [2.45, 2.75) is 45.4 Å². The highest BCUT2D eigenvalue weighted by Crippen LogP contribution is 2.09. The van der Waals surface area contributed by atoms with Crippen LogP contribution >= 0.6 is 0 Å².